The van der Waals surface area contributed by atoms with Gasteiger partial charge in [0.15, 0.2) is 0 Å². The lowest BCUT2D eigenvalue weighted by Crippen LogP contribution is -2.45. The molecule has 4 nitrogen and oxygen atoms in total. The van der Waals surface area contributed by atoms with Crippen LogP contribution >= 0.6 is 11.6 Å². The predicted octanol–water partition coefficient (Wildman–Crippen LogP) is 3.15. The van der Waals surface area contributed by atoms with Crippen molar-refractivity contribution in [3.05, 3.63) is 34.9 Å². The van der Waals surface area contributed by atoms with E-state index in [1.807, 2.05) is 43.0 Å². The second-order valence-electron chi connectivity index (χ2n) is 6.84. The summed E-state index contributed by atoms with van der Waals surface area (Å²) in [6.07, 6.45) is 0.876. The highest BCUT2D eigenvalue weighted by Crippen LogP contribution is 2.23. The van der Waals surface area contributed by atoms with Gasteiger partial charge in [0.25, 0.3) is 0 Å². The third-order valence-electron chi connectivity index (χ3n) is 4.63. The first-order valence-electron chi connectivity index (χ1n) is 8.97. The Balaban J connectivity index is 2.13. The Kier molecular flexibility index (Phi) is 7.08. The van der Waals surface area contributed by atoms with E-state index in [2.05, 4.69) is 24.1 Å². The smallest absolute Gasteiger partial charge is 0.239 e. The lowest BCUT2D eigenvalue weighted by atomic mass is 10.1. The summed E-state index contributed by atoms with van der Waals surface area (Å²) in [5, 5.41) is 4.34. The molecule has 1 fully saturated rings. The first-order valence-corrected chi connectivity index (χ1v) is 9.35. The lowest BCUT2D eigenvalue weighted by molar-refractivity contribution is -0.135. The normalized spacial score (nSPS) is 21.4. The topological polar surface area (TPSA) is 35.6 Å². The van der Waals surface area contributed by atoms with Crippen LogP contribution in [0, 0.1) is 0 Å². The first kappa shape index (κ1) is 19.2. The van der Waals surface area contributed by atoms with Crippen molar-refractivity contribution in [2.75, 3.05) is 19.6 Å². The molecule has 0 spiro atoms. The van der Waals surface area contributed by atoms with Crippen LogP contribution in [0.5, 0.6) is 0 Å². The maximum Gasteiger partial charge on any atom is 0.239 e. The first-order chi connectivity index (χ1) is 11.4. The molecule has 1 aliphatic heterocycles. The van der Waals surface area contributed by atoms with Gasteiger partial charge in [0.1, 0.15) is 0 Å². The molecule has 0 bridgehead atoms. The van der Waals surface area contributed by atoms with Crippen LogP contribution in [0.3, 0.4) is 0 Å². The highest BCUT2D eigenvalue weighted by atomic mass is 35.5. The van der Waals surface area contributed by atoms with Gasteiger partial charge in [-0.15, -0.1) is 0 Å². The second-order valence-corrected chi connectivity index (χ2v) is 7.27. The summed E-state index contributed by atoms with van der Waals surface area (Å²) in [5.74, 6) is 0.252. The molecule has 1 amide bonds. The molecule has 1 heterocycles. The Morgan fingerprint density at radius 3 is 2.46 bits per heavy atom. The average molecular weight is 352 g/mol. The van der Waals surface area contributed by atoms with E-state index in [-0.39, 0.29) is 11.9 Å². The minimum atomic E-state index is -0.0446. The Bertz CT molecular complexity index is 528. The molecule has 2 rings (SSSR count). The van der Waals surface area contributed by atoms with Crippen LogP contribution in [0.1, 0.15) is 39.7 Å². The molecular formula is C19H30ClN3O. The molecule has 134 valence electrons. The largest absolute Gasteiger partial charge is 0.342 e. The monoisotopic (exact) mass is 351 g/mol. The van der Waals surface area contributed by atoms with Crippen molar-refractivity contribution in [3.8, 4) is 0 Å². The van der Waals surface area contributed by atoms with Crippen LogP contribution in [0.2, 0.25) is 5.02 Å². The molecule has 2 atom stereocenters. The maximum absolute atomic E-state index is 12.9. The van der Waals surface area contributed by atoms with E-state index >= 15 is 0 Å². The standard InChI is InChI=1S/C19H30ClN3O/c1-5-22(6-2)19(24)18-11-17(21-14(3)4)13-23(18)12-15-7-9-16(20)10-8-15/h7-10,14,17-18,21H,5-6,11-13H2,1-4H3/t17-,18-/m0/s1. The number of likely N-dealkylation sites (tertiary alicyclic amines) is 1. The quantitative estimate of drug-likeness (QED) is 0.819. The molecule has 1 aromatic rings. The zero-order valence-corrected chi connectivity index (χ0v) is 16.0. The molecule has 0 saturated carbocycles. The van der Waals surface area contributed by atoms with Crippen LogP contribution in [0.15, 0.2) is 24.3 Å². The number of hydrogen-bond acceptors (Lipinski definition) is 3. The molecule has 24 heavy (non-hydrogen) atoms. The van der Waals surface area contributed by atoms with Gasteiger partial charge in [-0.3, -0.25) is 9.69 Å². The number of rotatable bonds is 7. The van der Waals surface area contributed by atoms with Gasteiger partial charge in [0.05, 0.1) is 6.04 Å². The number of nitrogens with one attached hydrogen (secondary N) is 1. The van der Waals surface area contributed by atoms with Crippen molar-refractivity contribution in [2.24, 2.45) is 0 Å². The van der Waals surface area contributed by atoms with Crippen LogP contribution < -0.4 is 5.32 Å². The number of amides is 1. The minimum Gasteiger partial charge on any atom is -0.342 e. The summed E-state index contributed by atoms with van der Waals surface area (Å²) in [6, 6.07) is 8.67. The van der Waals surface area contributed by atoms with Gasteiger partial charge in [-0.05, 0) is 38.0 Å². The van der Waals surface area contributed by atoms with E-state index in [9.17, 15) is 4.79 Å². The van der Waals surface area contributed by atoms with E-state index in [1.54, 1.807) is 0 Å². The zero-order chi connectivity index (χ0) is 17.7. The molecule has 1 aromatic carbocycles. The Morgan fingerprint density at radius 2 is 1.92 bits per heavy atom. The van der Waals surface area contributed by atoms with E-state index in [0.717, 1.165) is 37.6 Å². The van der Waals surface area contributed by atoms with Gasteiger partial charge in [-0.25, -0.2) is 0 Å². The number of likely N-dealkylation sites (N-methyl/N-ethyl adjacent to an activating group) is 1. The zero-order valence-electron chi connectivity index (χ0n) is 15.3. The molecule has 5 heteroatoms. The molecule has 1 N–H and O–H groups in total. The number of nitrogens with zero attached hydrogens (tertiary/aromatic N) is 2. The van der Waals surface area contributed by atoms with Gasteiger partial charge >= 0.3 is 0 Å². The number of benzene rings is 1. The van der Waals surface area contributed by atoms with Crippen LogP contribution in [-0.4, -0.2) is 53.5 Å². The van der Waals surface area contributed by atoms with E-state index in [0.29, 0.717) is 12.1 Å². The highest BCUT2D eigenvalue weighted by Gasteiger charge is 2.38. The molecule has 0 aromatic heterocycles. The molecule has 0 aliphatic carbocycles. The Morgan fingerprint density at radius 1 is 1.29 bits per heavy atom. The van der Waals surface area contributed by atoms with Crippen molar-refractivity contribution in [1.29, 1.82) is 0 Å². The Hall–Kier alpha value is -1.10. The summed E-state index contributed by atoms with van der Waals surface area (Å²) < 4.78 is 0. The van der Waals surface area contributed by atoms with Crippen LogP contribution in [0.25, 0.3) is 0 Å². The van der Waals surface area contributed by atoms with Gasteiger partial charge in [-0.2, -0.15) is 0 Å². The van der Waals surface area contributed by atoms with Gasteiger partial charge < -0.3 is 10.2 Å². The van der Waals surface area contributed by atoms with E-state index < -0.39 is 0 Å². The summed E-state index contributed by atoms with van der Waals surface area (Å²) in [6.45, 7) is 11.6. The molecule has 1 aliphatic rings. The Labute approximate surface area is 151 Å². The third kappa shape index (κ3) is 4.95. The SMILES string of the molecule is CCN(CC)C(=O)[C@@H]1C[C@H](NC(C)C)CN1Cc1ccc(Cl)cc1. The second kappa shape index (κ2) is 8.84. The number of halogens is 1. The summed E-state index contributed by atoms with van der Waals surface area (Å²) in [7, 11) is 0. The lowest BCUT2D eigenvalue weighted by Gasteiger charge is -2.28. The number of hydrogen-bond donors (Lipinski definition) is 1. The summed E-state index contributed by atoms with van der Waals surface area (Å²) in [5.41, 5.74) is 1.20. The molecule has 1 saturated heterocycles. The number of carbonyl (C=O) groups is 1. The molecule has 0 unspecified atom stereocenters. The fourth-order valence-electron chi connectivity index (χ4n) is 3.50. The minimum absolute atomic E-state index is 0.0446. The van der Waals surface area contributed by atoms with Crippen molar-refractivity contribution in [2.45, 2.75) is 58.8 Å². The van der Waals surface area contributed by atoms with Crippen LogP contribution in [0.4, 0.5) is 0 Å². The highest BCUT2D eigenvalue weighted by molar-refractivity contribution is 6.30. The number of carbonyl (C=O) groups excluding carboxylic acids is 1. The van der Waals surface area contributed by atoms with Gasteiger partial charge in [-0.1, -0.05) is 37.6 Å². The van der Waals surface area contributed by atoms with Crippen molar-refractivity contribution in [1.82, 2.24) is 15.1 Å². The predicted molar refractivity (Wildman–Crippen MR) is 100 cm³/mol. The van der Waals surface area contributed by atoms with Gasteiger partial charge in [0, 0.05) is 43.3 Å². The fourth-order valence-corrected chi connectivity index (χ4v) is 3.62. The molecular weight excluding hydrogens is 322 g/mol. The van der Waals surface area contributed by atoms with E-state index in [4.69, 9.17) is 11.6 Å². The van der Waals surface area contributed by atoms with Crippen molar-refractivity contribution in [3.63, 3.8) is 0 Å². The fraction of sp³-hybridized carbons (Fsp3) is 0.632. The van der Waals surface area contributed by atoms with Crippen molar-refractivity contribution >= 4 is 17.5 Å². The van der Waals surface area contributed by atoms with Crippen LogP contribution in [-0.2, 0) is 11.3 Å². The average Bonchev–Trinajstić information content (AvgIpc) is 2.92. The van der Waals surface area contributed by atoms with Gasteiger partial charge in [0.2, 0.25) is 5.91 Å². The van der Waals surface area contributed by atoms with E-state index in [1.165, 1.54) is 5.56 Å². The summed E-state index contributed by atoms with van der Waals surface area (Å²) >= 11 is 5.98. The molecule has 0 radical (unpaired) electrons. The third-order valence-corrected chi connectivity index (χ3v) is 4.88. The van der Waals surface area contributed by atoms with Crippen molar-refractivity contribution < 1.29 is 4.79 Å². The maximum atomic E-state index is 12.9. The summed E-state index contributed by atoms with van der Waals surface area (Å²) in [4.78, 5) is 17.2.